The minimum absolute atomic E-state index is 0. The Morgan fingerprint density at radius 1 is 1.25 bits per heavy atom. The monoisotopic (exact) mass is 318 g/mol. The summed E-state index contributed by atoms with van der Waals surface area (Å²) in [4.78, 5) is 18.1. The smallest absolute Gasteiger partial charge is 1.00 e. The van der Waals surface area contributed by atoms with Crippen molar-refractivity contribution in [3.05, 3.63) is 41.9 Å². The van der Waals surface area contributed by atoms with Crippen molar-refractivity contribution in [1.29, 1.82) is 0 Å². The number of anilines is 1. The first-order valence-electron chi connectivity index (χ1n) is 8.16. The quantitative estimate of drug-likeness (QED) is 0.739. The number of fused-ring (bicyclic) bond motifs is 1. The number of carbonyl (C=O) groups is 1. The largest absolute Gasteiger partial charge is 1.00 e. The summed E-state index contributed by atoms with van der Waals surface area (Å²) in [6, 6.07) is 4.23. The SMILES string of the molecule is O=C(O)c1cnn(C2(c3ccc(N4CC5CC5C4)nc3)CC2)c1.[H-].[Li+]. The fraction of sp³-hybridized carbons (Fsp3) is 0.471. The first-order valence-corrected chi connectivity index (χ1v) is 8.16. The van der Waals surface area contributed by atoms with E-state index < -0.39 is 5.97 Å². The molecule has 24 heavy (non-hydrogen) atoms. The maximum atomic E-state index is 11.0. The number of aromatic carboxylic acids is 1. The molecule has 2 atom stereocenters. The van der Waals surface area contributed by atoms with Crippen LogP contribution < -0.4 is 23.8 Å². The molecule has 0 radical (unpaired) electrons. The number of rotatable bonds is 4. The summed E-state index contributed by atoms with van der Waals surface area (Å²) in [6.07, 6.45) is 8.32. The van der Waals surface area contributed by atoms with Gasteiger partial charge in [-0.05, 0) is 42.7 Å². The van der Waals surface area contributed by atoms with E-state index in [-0.39, 0.29) is 31.4 Å². The van der Waals surface area contributed by atoms with Crippen molar-refractivity contribution in [2.24, 2.45) is 11.8 Å². The van der Waals surface area contributed by atoms with Crippen LogP contribution in [0.25, 0.3) is 0 Å². The normalized spacial score (nSPS) is 25.8. The fourth-order valence-corrected chi connectivity index (χ4v) is 3.87. The molecule has 0 bridgehead atoms. The van der Waals surface area contributed by atoms with E-state index >= 15 is 0 Å². The molecule has 1 aliphatic heterocycles. The van der Waals surface area contributed by atoms with Crippen LogP contribution in [-0.4, -0.2) is 38.9 Å². The number of aromatic nitrogens is 3. The average molecular weight is 318 g/mol. The Hall–Kier alpha value is -1.77. The van der Waals surface area contributed by atoms with Crippen LogP contribution in [0.15, 0.2) is 30.7 Å². The molecule has 3 heterocycles. The average Bonchev–Trinajstić information content (AvgIpc) is 3.42. The molecule has 2 unspecified atom stereocenters. The molecule has 120 valence electrons. The van der Waals surface area contributed by atoms with Crippen molar-refractivity contribution in [3.8, 4) is 0 Å². The minimum atomic E-state index is -0.937. The van der Waals surface area contributed by atoms with Gasteiger partial charge < -0.3 is 11.4 Å². The standard InChI is InChI=1S/C17H18N4O2.Li.H/c22-16(23)13-6-19-21(10-13)17(3-4-17)14-1-2-15(18-7-14)20-8-11-5-12(11)9-20;;/h1-2,6-7,10-12H,3-5,8-9H2,(H,22,23);;/q;+1;-1. The molecule has 6 nitrogen and oxygen atoms in total. The number of hydrogen-bond acceptors (Lipinski definition) is 4. The van der Waals surface area contributed by atoms with E-state index in [1.54, 1.807) is 10.9 Å². The van der Waals surface area contributed by atoms with Gasteiger partial charge in [0, 0.05) is 25.5 Å². The van der Waals surface area contributed by atoms with Crippen LogP contribution in [-0.2, 0) is 5.54 Å². The van der Waals surface area contributed by atoms with E-state index in [1.807, 2.05) is 6.20 Å². The van der Waals surface area contributed by atoms with Crippen molar-refractivity contribution in [2.75, 3.05) is 18.0 Å². The van der Waals surface area contributed by atoms with Gasteiger partial charge in [-0.2, -0.15) is 5.10 Å². The third kappa shape index (κ3) is 2.37. The topological polar surface area (TPSA) is 71.2 Å². The van der Waals surface area contributed by atoms with Crippen LogP contribution in [0.3, 0.4) is 0 Å². The summed E-state index contributed by atoms with van der Waals surface area (Å²) in [6.45, 7) is 2.28. The van der Waals surface area contributed by atoms with Gasteiger partial charge in [0.2, 0.25) is 0 Å². The summed E-state index contributed by atoms with van der Waals surface area (Å²) < 4.78 is 1.79. The summed E-state index contributed by atoms with van der Waals surface area (Å²) in [7, 11) is 0. The second kappa shape index (κ2) is 5.37. The Morgan fingerprint density at radius 2 is 2.00 bits per heavy atom. The van der Waals surface area contributed by atoms with E-state index in [9.17, 15) is 4.79 Å². The van der Waals surface area contributed by atoms with E-state index in [4.69, 9.17) is 5.11 Å². The number of nitrogens with zero attached hydrogens (tertiary/aromatic N) is 4. The van der Waals surface area contributed by atoms with Crippen LogP contribution in [0, 0.1) is 11.8 Å². The zero-order valence-electron chi connectivity index (χ0n) is 14.7. The zero-order valence-corrected chi connectivity index (χ0v) is 13.7. The first-order chi connectivity index (χ1) is 11.2. The molecule has 5 rings (SSSR count). The molecule has 3 fully saturated rings. The van der Waals surface area contributed by atoms with Crippen LogP contribution in [0.1, 0.15) is 36.6 Å². The van der Waals surface area contributed by atoms with E-state index in [0.717, 1.165) is 49.1 Å². The number of hydrogen-bond donors (Lipinski definition) is 1. The van der Waals surface area contributed by atoms with Crippen molar-refractivity contribution < 1.29 is 30.2 Å². The Bertz CT molecular complexity index is 780. The molecular weight excluding hydrogens is 299 g/mol. The second-order valence-electron chi connectivity index (χ2n) is 7.08. The van der Waals surface area contributed by atoms with Gasteiger partial charge in [0.15, 0.2) is 0 Å². The van der Waals surface area contributed by atoms with Crippen molar-refractivity contribution >= 4 is 11.8 Å². The minimum Gasteiger partial charge on any atom is -1.00 e. The van der Waals surface area contributed by atoms with E-state index in [1.165, 1.54) is 12.6 Å². The molecule has 0 amide bonds. The van der Waals surface area contributed by atoms with E-state index in [0.29, 0.717) is 0 Å². The number of carboxylic acids is 1. The van der Waals surface area contributed by atoms with Gasteiger partial charge >= 0.3 is 24.8 Å². The summed E-state index contributed by atoms with van der Waals surface area (Å²) in [5.41, 5.74) is 1.15. The van der Waals surface area contributed by atoms with Gasteiger partial charge in [-0.3, -0.25) is 4.68 Å². The Kier molecular flexibility index (Phi) is 3.52. The summed E-state index contributed by atoms with van der Waals surface area (Å²) in [5.74, 6) is 1.91. The van der Waals surface area contributed by atoms with Crippen LogP contribution in [0.5, 0.6) is 0 Å². The number of carboxylic acid groups (broad SMARTS) is 1. The summed E-state index contributed by atoms with van der Waals surface area (Å²) in [5, 5.41) is 13.3. The number of pyridine rings is 1. The molecule has 2 aromatic rings. The van der Waals surface area contributed by atoms with E-state index in [2.05, 4.69) is 27.1 Å². The molecule has 1 N–H and O–H groups in total. The molecule has 0 spiro atoms. The summed E-state index contributed by atoms with van der Waals surface area (Å²) >= 11 is 0. The van der Waals surface area contributed by atoms with Crippen LogP contribution in [0.4, 0.5) is 5.82 Å². The van der Waals surface area contributed by atoms with Gasteiger partial charge in [-0.25, -0.2) is 9.78 Å². The maximum Gasteiger partial charge on any atom is 1.00 e. The second-order valence-corrected chi connectivity index (χ2v) is 7.08. The maximum absolute atomic E-state index is 11.0. The Balaban J connectivity index is 0.000000911. The predicted molar refractivity (Wildman–Crippen MR) is 84.7 cm³/mol. The van der Waals surface area contributed by atoms with Gasteiger partial charge in [0.05, 0.1) is 17.3 Å². The van der Waals surface area contributed by atoms with Gasteiger partial charge in [0.1, 0.15) is 5.82 Å². The molecule has 3 aliphatic rings. The van der Waals surface area contributed by atoms with Crippen molar-refractivity contribution in [2.45, 2.75) is 24.8 Å². The molecule has 7 heteroatoms. The zero-order chi connectivity index (χ0) is 15.6. The van der Waals surface area contributed by atoms with Crippen molar-refractivity contribution in [3.63, 3.8) is 0 Å². The molecule has 0 aromatic carbocycles. The van der Waals surface area contributed by atoms with Crippen molar-refractivity contribution in [1.82, 2.24) is 14.8 Å². The number of piperidine rings is 1. The van der Waals surface area contributed by atoms with Gasteiger partial charge in [-0.15, -0.1) is 0 Å². The Labute approximate surface area is 153 Å². The molecule has 1 saturated heterocycles. The van der Waals surface area contributed by atoms with Gasteiger partial charge in [-0.1, -0.05) is 6.07 Å². The predicted octanol–water partition coefficient (Wildman–Crippen LogP) is -0.914. The van der Waals surface area contributed by atoms with Crippen LogP contribution >= 0.6 is 0 Å². The molecule has 2 aromatic heterocycles. The molecule has 2 aliphatic carbocycles. The Morgan fingerprint density at radius 3 is 2.54 bits per heavy atom. The third-order valence-corrected chi connectivity index (χ3v) is 5.58. The molecule has 2 saturated carbocycles. The molecular formula is C17H19LiN4O2. The van der Waals surface area contributed by atoms with Crippen LogP contribution in [0.2, 0.25) is 0 Å². The fourth-order valence-electron chi connectivity index (χ4n) is 3.87. The first kappa shape index (κ1) is 15.7. The van der Waals surface area contributed by atoms with Gasteiger partial charge in [0.25, 0.3) is 0 Å². The third-order valence-electron chi connectivity index (χ3n) is 5.58.